The maximum Gasteiger partial charge on any atom is 0.255 e. The Labute approximate surface area is 171 Å². The van der Waals surface area contributed by atoms with Gasteiger partial charge in [0, 0.05) is 43.5 Å². The average Bonchev–Trinajstić information content (AvgIpc) is 2.73. The van der Waals surface area contributed by atoms with Crippen LogP contribution in [0.4, 0.5) is 5.69 Å². The SMILES string of the molecule is C=CCOc1cccc(NC(=O)c2cccc(S(=O)(=O)N3CCN(C)CC3)c2)c1. The predicted molar refractivity (Wildman–Crippen MR) is 113 cm³/mol. The number of nitrogens with one attached hydrogen (secondary N) is 1. The normalized spacial score (nSPS) is 15.6. The van der Waals surface area contributed by atoms with Gasteiger partial charge < -0.3 is 15.0 Å². The third-order valence-corrected chi connectivity index (χ3v) is 6.55. The van der Waals surface area contributed by atoms with Crippen LogP contribution in [0.1, 0.15) is 10.4 Å². The molecular formula is C21H25N3O4S. The van der Waals surface area contributed by atoms with Crippen LogP contribution in [0.3, 0.4) is 0 Å². The second-order valence-electron chi connectivity index (χ2n) is 6.82. The van der Waals surface area contributed by atoms with Gasteiger partial charge in [-0.2, -0.15) is 4.31 Å². The highest BCUT2D eigenvalue weighted by atomic mass is 32.2. The van der Waals surface area contributed by atoms with Crippen molar-refractivity contribution in [3.63, 3.8) is 0 Å². The molecule has 0 spiro atoms. The number of likely N-dealkylation sites (N-methyl/N-ethyl adjacent to an activating group) is 1. The van der Waals surface area contributed by atoms with Gasteiger partial charge in [-0.15, -0.1) is 0 Å². The molecule has 154 valence electrons. The van der Waals surface area contributed by atoms with Crippen molar-refractivity contribution in [1.29, 1.82) is 0 Å². The second kappa shape index (κ2) is 9.21. The van der Waals surface area contributed by atoms with Crippen molar-refractivity contribution in [2.24, 2.45) is 0 Å². The Morgan fingerprint density at radius 3 is 2.59 bits per heavy atom. The summed E-state index contributed by atoms with van der Waals surface area (Å²) in [4.78, 5) is 14.9. The molecular weight excluding hydrogens is 390 g/mol. The molecule has 0 radical (unpaired) electrons. The van der Waals surface area contributed by atoms with Crippen LogP contribution in [0.15, 0.2) is 66.1 Å². The van der Waals surface area contributed by atoms with Crippen molar-refractivity contribution < 1.29 is 17.9 Å². The fourth-order valence-electron chi connectivity index (χ4n) is 3.00. The van der Waals surface area contributed by atoms with Crippen LogP contribution in [0, 0.1) is 0 Å². The molecule has 1 aliphatic heterocycles. The van der Waals surface area contributed by atoms with Crippen molar-refractivity contribution in [3.05, 3.63) is 66.7 Å². The number of sulfonamides is 1. The molecule has 0 aliphatic carbocycles. The molecule has 29 heavy (non-hydrogen) atoms. The Kier molecular flexibility index (Phi) is 6.68. The van der Waals surface area contributed by atoms with E-state index in [2.05, 4.69) is 16.8 Å². The van der Waals surface area contributed by atoms with Gasteiger partial charge in [-0.1, -0.05) is 24.8 Å². The van der Waals surface area contributed by atoms with Crippen LogP contribution in [0.5, 0.6) is 5.75 Å². The van der Waals surface area contributed by atoms with Crippen molar-refractivity contribution in [2.75, 3.05) is 45.2 Å². The zero-order valence-corrected chi connectivity index (χ0v) is 17.2. The number of benzene rings is 2. The lowest BCUT2D eigenvalue weighted by atomic mass is 10.2. The van der Waals surface area contributed by atoms with Gasteiger partial charge in [-0.3, -0.25) is 4.79 Å². The first-order chi connectivity index (χ1) is 13.9. The lowest BCUT2D eigenvalue weighted by Crippen LogP contribution is -2.47. The van der Waals surface area contributed by atoms with Crippen LogP contribution in [-0.4, -0.2) is 63.4 Å². The number of hydrogen-bond acceptors (Lipinski definition) is 5. The molecule has 3 rings (SSSR count). The van der Waals surface area contributed by atoms with E-state index in [1.807, 2.05) is 7.05 Å². The Bertz CT molecular complexity index is 983. The molecule has 0 saturated carbocycles. The fraction of sp³-hybridized carbons (Fsp3) is 0.286. The van der Waals surface area contributed by atoms with E-state index >= 15 is 0 Å². The van der Waals surface area contributed by atoms with E-state index < -0.39 is 10.0 Å². The molecule has 0 unspecified atom stereocenters. The molecule has 2 aromatic carbocycles. The van der Waals surface area contributed by atoms with Crippen LogP contribution in [0.2, 0.25) is 0 Å². The van der Waals surface area contributed by atoms with E-state index in [0.717, 1.165) is 0 Å². The van der Waals surface area contributed by atoms with Gasteiger partial charge in [-0.25, -0.2) is 8.42 Å². The molecule has 2 aromatic rings. The van der Waals surface area contributed by atoms with Crippen molar-refractivity contribution in [2.45, 2.75) is 4.90 Å². The number of piperazine rings is 1. The number of ether oxygens (including phenoxy) is 1. The first-order valence-corrected chi connectivity index (χ1v) is 10.8. The number of nitrogens with zero attached hydrogens (tertiary/aromatic N) is 2. The van der Waals surface area contributed by atoms with Gasteiger partial charge in [0.1, 0.15) is 12.4 Å². The van der Waals surface area contributed by atoms with Gasteiger partial charge >= 0.3 is 0 Å². The van der Waals surface area contributed by atoms with Crippen molar-refractivity contribution in [1.82, 2.24) is 9.21 Å². The smallest absolute Gasteiger partial charge is 0.255 e. The summed E-state index contributed by atoms with van der Waals surface area (Å²) < 4.78 is 32.8. The molecule has 1 heterocycles. The Balaban J connectivity index is 1.75. The largest absolute Gasteiger partial charge is 0.489 e. The van der Waals surface area contributed by atoms with Crippen LogP contribution < -0.4 is 10.1 Å². The van der Waals surface area contributed by atoms with Crippen molar-refractivity contribution >= 4 is 21.6 Å². The summed E-state index contributed by atoms with van der Waals surface area (Å²) in [5.74, 6) is 0.218. The van der Waals surface area contributed by atoms with Gasteiger partial charge in [0.05, 0.1) is 4.90 Å². The summed E-state index contributed by atoms with van der Waals surface area (Å²) in [6, 6.07) is 13.1. The van der Waals surface area contributed by atoms with Gasteiger partial charge in [0.25, 0.3) is 5.91 Å². The van der Waals surface area contributed by atoms with E-state index in [0.29, 0.717) is 44.2 Å². The molecule has 1 amide bonds. The van der Waals surface area contributed by atoms with E-state index in [1.54, 1.807) is 42.5 Å². The first kappa shape index (κ1) is 21.0. The highest BCUT2D eigenvalue weighted by Gasteiger charge is 2.27. The van der Waals surface area contributed by atoms with Crippen LogP contribution >= 0.6 is 0 Å². The molecule has 7 nitrogen and oxygen atoms in total. The fourth-order valence-corrected chi connectivity index (χ4v) is 4.47. The maximum atomic E-state index is 12.9. The zero-order chi connectivity index (χ0) is 20.9. The summed E-state index contributed by atoms with van der Waals surface area (Å²) in [6.45, 7) is 6.21. The van der Waals surface area contributed by atoms with Gasteiger partial charge in [0.2, 0.25) is 10.0 Å². The zero-order valence-electron chi connectivity index (χ0n) is 16.4. The molecule has 0 atom stereocenters. The topological polar surface area (TPSA) is 78.9 Å². The minimum absolute atomic E-state index is 0.123. The minimum atomic E-state index is -3.63. The average molecular weight is 416 g/mol. The van der Waals surface area contributed by atoms with Gasteiger partial charge in [-0.05, 0) is 37.4 Å². The predicted octanol–water partition coefficient (Wildman–Crippen LogP) is 2.44. The molecule has 0 bridgehead atoms. The molecule has 1 N–H and O–H groups in total. The number of amides is 1. The third kappa shape index (κ3) is 5.23. The highest BCUT2D eigenvalue weighted by Crippen LogP contribution is 2.21. The first-order valence-electron chi connectivity index (χ1n) is 9.34. The van der Waals surface area contributed by atoms with Crippen LogP contribution in [-0.2, 0) is 10.0 Å². The number of anilines is 1. The standard InChI is InChI=1S/C21H25N3O4S/c1-3-14-28-19-8-5-7-18(16-19)22-21(25)17-6-4-9-20(15-17)29(26,27)24-12-10-23(2)11-13-24/h3-9,15-16H,1,10-14H2,2H3,(H,22,25). The van der Waals surface area contributed by atoms with E-state index in [-0.39, 0.29) is 16.4 Å². The molecule has 8 heteroatoms. The summed E-state index contributed by atoms with van der Waals surface area (Å²) in [7, 11) is -1.67. The summed E-state index contributed by atoms with van der Waals surface area (Å²) >= 11 is 0. The monoisotopic (exact) mass is 415 g/mol. The van der Waals surface area contributed by atoms with E-state index in [9.17, 15) is 13.2 Å². The number of hydrogen-bond donors (Lipinski definition) is 1. The minimum Gasteiger partial charge on any atom is -0.489 e. The van der Waals surface area contributed by atoms with E-state index in [4.69, 9.17) is 4.74 Å². The summed E-state index contributed by atoms with van der Waals surface area (Å²) in [5.41, 5.74) is 0.835. The third-order valence-electron chi connectivity index (χ3n) is 4.66. The Morgan fingerprint density at radius 1 is 1.14 bits per heavy atom. The second-order valence-corrected chi connectivity index (χ2v) is 8.75. The number of rotatable bonds is 7. The Hall–Kier alpha value is -2.68. The Morgan fingerprint density at radius 2 is 1.86 bits per heavy atom. The van der Waals surface area contributed by atoms with Gasteiger partial charge in [0.15, 0.2) is 0 Å². The molecule has 1 fully saturated rings. The summed E-state index contributed by atoms with van der Waals surface area (Å²) in [6.07, 6.45) is 1.64. The highest BCUT2D eigenvalue weighted by molar-refractivity contribution is 7.89. The lowest BCUT2D eigenvalue weighted by molar-refractivity contribution is 0.102. The van der Waals surface area contributed by atoms with Crippen molar-refractivity contribution in [3.8, 4) is 5.75 Å². The van der Waals surface area contributed by atoms with Crippen LogP contribution in [0.25, 0.3) is 0 Å². The maximum absolute atomic E-state index is 12.9. The molecule has 0 aromatic heterocycles. The summed E-state index contributed by atoms with van der Waals surface area (Å²) in [5, 5.41) is 2.78. The molecule has 1 saturated heterocycles. The lowest BCUT2D eigenvalue weighted by Gasteiger charge is -2.31. The number of carbonyl (C=O) groups is 1. The molecule has 1 aliphatic rings. The van der Waals surface area contributed by atoms with E-state index in [1.165, 1.54) is 16.4 Å². The quantitative estimate of drug-likeness (QED) is 0.703. The number of carbonyl (C=O) groups excluding carboxylic acids is 1.